The molecule has 0 aliphatic carbocycles. The number of urea groups is 1. The van der Waals surface area contributed by atoms with Crippen LogP contribution in [0.2, 0.25) is 0 Å². The normalized spacial score (nSPS) is 13.3. The van der Waals surface area contributed by atoms with Gasteiger partial charge in [0, 0.05) is 23.4 Å². The zero-order chi connectivity index (χ0) is 21.5. The number of methoxy groups -OCH3 is 1. The van der Waals surface area contributed by atoms with Crippen LogP contribution in [0.3, 0.4) is 0 Å². The number of rotatable bonds is 3. The van der Waals surface area contributed by atoms with Gasteiger partial charge < -0.3 is 15.0 Å². The van der Waals surface area contributed by atoms with E-state index >= 15 is 0 Å². The van der Waals surface area contributed by atoms with E-state index in [0.717, 1.165) is 26.7 Å². The van der Waals surface area contributed by atoms with Gasteiger partial charge >= 0.3 is 6.03 Å². The number of aromatic nitrogens is 3. The molecule has 2 amide bonds. The highest BCUT2D eigenvalue weighted by atomic mass is 32.1. The van der Waals surface area contributed by atoms with Crippen LogP contribution >= 0.6 is 11.3 Å². The van der Waals surface area contributed by atoms with Gasteiger partial charge in [-0.05, 0) is 48.9 Å². The fourth-order valence-corrected chi connectivity index (χ4v) is 4.81. The summed E-state index contributed by atoms with van der Waals surface area (Å²) in [5.41, 5.74) is 3.54. The molecule has 2 aromatic heterocycles. The van der Waals surface area contributed by atoms with Gasteiger partial charge in [-0.3, -0.25) is 0 Å². The maximum absolute atomic E-state index is 13.2. The Morgan fingerprint density at radius 1 is 1.23 bits per heavy atom. The summed E-state index contributed by atoms with van der Waals surface area (Å²) in [5.74, 6) is 0.910. The van der Waals surface area contributed by atoms with Crippen molar-refractivity contribution in [3.05, 3.63) is 64.4 Å². The monoisotopic (exact) mass is 437 g/mol. The molecule has 0 bridgehead atoms. The number of carbonyl (C=O) groups excluding carboxylic acids is 1. The van der Waals surface area contributed by atoms with E-state index in [1.807, 2.05) is 29.6 Å². The first-order valence-electron chi connectivity index (χ1n) is 9.85. The number of ether oxygens (including phenoxy) is 1. The Morgan fingerprint density at radius 2 is 2.03 bits per heavy atom. The second kappa shape index (κ2) is 7.66. The Labute approximate surface area is 182 Å². The number of benzene rings is 2. The molecule has 9 heteroatoms. The first kappa shape index (κ1) is 19.5. The summed E-state index contributed by atoms with van der Waals surface area (Å²) in [6.45, 7) is 3.04. The quantitative estimate of drug-likeness (QED) is 0.512. The van der Waals surface area contributed by atoms with Crippen molar-refractivity contribution in [3.63, 3.8) is 0 Å². The highest BCUT2D eigenvalue weighted by Gasteiger charge is 2.26. The molecule has 7 nitrogen and oxygen atoms in total. The van der Waals surface area contributed by atoms with Crippen molar-refractivity contribution in [3.8, 4) is 17.1 Å². The van der Waals surface area contributed by atoms with E-state index in [1.165, 1.54) is 23.5 Å². The first-order chi connectivity index (χ1) is 15.0. The topological polar surface area (TPSA) is 71.8 Å². The van der Waals surface area contributed by atoms with Crippen LogP contribution in [-0.4, -0.2) is 39.2 Å². The van der Waals surface area contributed by atoms with Crippen molar-refractivity contribution in [2.24, 2.45) is 0 Å². The van der Waals surface area contributed by atoms with E-state index < -0.39 is 0 Å². The van der Waals surface area contributed by atoms with Gasteiger partial charge in [-0.15, -0.1) is 5.10 Å². The summed E-state index contributed by atoms with van der Waals surface area (Å²) in [4.78, 5) is 21.1. The number of anilines is 1. The molecule has 0 radical (unpaired) electrons. The average molecular weight is 438 g/mol. The number of hydrogen-bond donors (Lipinski definition) is 1. The third-order valence-corrected chi connectivity index (χ3v) is 6.37. The van der Waals surface area contributed by atoms with E-state index in [2.05, 4.69) is 15.4 Å². The largest absolute Gasteiger partial charge is 0.495 e. The third kappa shape index (κ3) is 3.61. The number of hydrogen-bond acceptors (Lipinski definition) is 5. The molecular weight excluding hydrogens is 417 g/mol. The molecule has 5 rings (SSSR count). The van der Waals surface area contributed by atoms with Gasteiger partial charge in [-0.2, -0.15) is 4.98 Å². The molecule has 0 spiro atoms. The SMILES string of the molecule is COc1ccc(C)cc1NC(=O)N1CCc2c(sc3nc(-c4ccc(F)cc4)nn23)C1. The van der Waals surface area contributed by atoms with Crippen LogP contribution in [0.5, 0.6) is 5.75 Å². The summed E-state index contributed by atoms with van der Waals surface area (Å²) < 4.78 is 20.4. The maximum atomic E-state index is 13.2. The van der Waals surface area contributed by atoms with Crippen molar-refractivity contribution < 1.29 is 13.9 Å². The van der Waals surface area contributed by atoms with Crippen molar-refractivity contribution in [2.45, 2.75) is 19.9 Å². The third-order valence-electron chi connectivity index (χ3n) is 5.31. The molecule has 0 saturated heterocycles. The van der Waals surface area contributed by atoms with Crippen LogP contribution in [-0.2, 0) is 13.0 Å². The number of nitrogens with one attached hydrogen (secondary N) is 1. The molecule has 4 aromatic rings. The Bertz CT molecular complexity index is 1280. The molecule has 1 aliphatic heterocycles. The lowest BCUT2D eigenvalue weighted by Gasteiger charge is -2.27. The number of thiazole rings is 1. The van der Waals surface area contributed by atoms with Gasteiger partial charge in [0.15, 0.2) is 5.82 Å². The second-order valence-electron chi connectivity index (χ2n) is 7.41. The molecule has 0 saturated carbocycles. The minimum atomic E-state index is -0.288. The molecule has 3 heterocycles. The number of nitrogens with zero attached hydrogens (tertiary/aromatic N) is 4. The van der Waals surface area contributed by atoms with Gasteiger partial charge in [0.1, 0.15) is 11.6 Å². The molecule has 0 atom stereocenters. The molecule has 0 unspecified atom stereocenters. The van der Waals surface area contributed by atoms with E-state index in [-0.39, 0.29) is 11.8 Å². The van der Waals surface area contributed by atoms with Gasteiger partial charge in [0.05, 0.1) is 25.0 Å². The van der Waals surface area contributed by atoms with Crippen molar-refractivity contribution >= 4 is 28.0 Å². The van der Waals surface area contributed by atoms with Crippen LogP contribution in [0.4, 0.5) is 14.9 Å². The van der Waals surface area contributed by atoms with Gasteiger partial charge in [0.2, 0.25) is 4.96 Å². The molecular formula is C22H20FN5O2S. The minimum Gasteiger partial charge on any atom is -0.495 e. The molecule has 0 fully saturated rings. The number of amides is 2. The van der Waals surface area contributed by atoms with Crippen LogP contribution in [0.25, 0.3) is 16.3 Å². The Balaban J connectivity index is 1.36. The summed E-state index contributed by atoms with van der Waals surface area (Å²) in [5, 5.41) is 7.58. The van der Waals surface area contributed by atoms with Crippen LogP contribution in [0, 0.1) is 12.7 Å². The minimum absolute atomic E-state index is 0.166. The van der Waals surface area contributed by atoms with E-state index in [9.17, 15) is 9.18 Å². The summed E-state index contributed by atoms with van der Waals surface area (Å²) in [6.07, 6.45) is 0.680. The van der Waals surface area contributed by atoms with Crippen molar-refractivity contribution in [1.29, 1.82) is 0 Å². The molecule has 1 aliphatic rings. The Morgan fingerprint density at radius 3 is 2.81 bits per heavy atom. The number of aryl methyl sites for hydroxylation is 1. The molecule has 158 valence electrons. The van der Waals surface area contributed by atoms with Crippen LogP contribution in [0.15, 0.2) is 42.5 Å². The lowest BCUT2D eigenvalue weighted by atomic mass is 10.2. The second-order valence-corrected chi connectivity index (χ2v) is 8.48. The fourth-order valence-electron chi connectivity index (χ4n) is 3.70. The predicted molar refractivity (Wildman–Crippen MR) is 117 cm³/mol. The van der Waals surface area contributed by atoms with Crippen LogP contribution in [0.1, 0.15) is 16.1 Å². The fraction of sp³-hybridized carbons (Fsp3) is 0.227. The van der Waals surface area contributed by atoms with Gasteiger partial charge in [-0.1, -0.05) is 17.4 Å². The average Bonchev–Trinajstić information content (AvgIpc) is 3.32. The summed E-state index contributed by atoms with van der Waals surface area (Å²) in [7, 11) is 1.59. The summed E-state index contributed by atoms with van der Waals surface area (Å²) in [6, 6.07) is 11.7. The lowest BCUT2D eigenvalue weighted by molar-refractivity contribution is 0.206. The zero-order valence-electron chi connectivity index (χ0n) is 17.1. The van der Waals surface area contributed by atoms with E-state index in [0.29, 0.717) is 36.8 Å². The first-order valence-corrected chi connectivity index (χ1v) is 10.7. The number of fused-ring (bicyclic) bond motifs is 3. The number of halogens is 1. The molecule has 2 aromatic carbocycles. The van der Waals surface area contributed by atoms with Crippen LogP contribution < -0.4 is 10.1 Å². The van der Waals surface area contributed by atoms with Gasteiger partial charge in [-0.25, -0.2) is 13.7 Å². The summed E-state index contributed by atoms with van der Waals surface area (Å²) >= 11 is 1.52. The van der Waals surface area contributed by atoms with Gasteiger partial charge in [0.25, 0.3) is 0 Å². The zero-order valence-corrected chi connectivity index (χ0v) is 17.9. The van der Waals surface area contributed by atoms with E-state index in [4.69, 9.17) is 4.74 Å². The molecule has 1 N–H and O–H groups in total. The van der Waals surface area contributed by atoms with Crippen molar-refractivity contribution in [1.82, 2.24) is 19.5 Å². The highest BCUT2D eigenvalue weighted by molar-refractivity contribution is 7.17. The van der Waals surface area contributed by atoms with Crippen molar-refractivity contribution in [2.75, 3.05) is 19.0 Å². The standard InChI is InChI=1S/C22H20FN5O2S/c1-13-3-8-18(30-2)16(11-13)24-21(29)27-10-9-17-19(12-27)31-22-25-20(26-28(17)22)14-4-6-15(23)7-5-14/h3-8,11H,9-10,12H2,1-2H3,(H,24,29). The number of carbonyl (C=O) groups is 1. The Hall–Kier alpha value is -3.46. The molecule has 31 heavy (non-hydrogen) atoms. The highest BCUT2D eigenvalue weighted by Crippen LogP contribution is 2.31. The lowest BCUT2D eigenvalue weighted by Crippen LogP contribution is -2.38. The smallest absolute Gasteiger partial charge is 0.322 e. The maximum Gasteiger partial charge on any atom is 0.322 e. The Kier molecular flexibility index (Phi) is 4.82. The van der Waals surface area contributed by atoms with E-state index in [1.54, 1.807) is 24.1 Å². The predicted octanol–water partition coefficient (Wildman–Crippen LogP) is 4.50.